The number of carbonyl (C=O) groups excluding carboxylic acids is 2. The van der Waals surface area contributed by atoms with Crippen molar-refractivity contribution in [2.75, 3.05) is 26.2 Å². The summed E-state index contributed by atoms with van der Waals surface area (Å²) in [7, 11) is 0. The third kappa shape index (κ3) is 6.22. The Bertz CT molecular complexity index is 861. The number of amides is 2. The van der Waals surface area contributed by atoms with E-state index >= 15 is 0 Å². The molecule has 1 saturated heterocycles. The highest BCUT2D eigenvalue weighted by Crippen LogP contribution is 2.19. The van der Waals surface area contributed by atoms with E-state index in [0.29, 0.717) is 0 Å². The minimum Gasteiger partial charge on any atom is -0.452 e. The molecular formula is C22H24F2N2O6. The molecule has 0 radical (unpaired) electrons. The summed E-state index contributed by atoms with van der Waals surface area (Å²) in [5.41, 5.74) is 0. The third-order valence-electron chi connectivity index (χ3n) is 4.59. The minimum atomic E-state index is -1.00. The van der Waals surface area contributed by atoms with Gasteiger partial charge in [0, 0.05) is 40.0 Å². The van der Waals surface area contributed by atoms with Crippen molar-refractivity contribution in [3.8, 4) is 11.5 Å². The zero-order valence-corrected chi connectivity index (χ0v) is 17.7. The van der Waals surface area contributed by atoms with Gasteiger partial charge in [0.05, 0.1) is 0 Å². The van der Waals surface area contributed by atoms with Crippen LogP contribution in [0.2, 0.25) is 0 Å². The quantitative estimate of drug-likeness (QED) is 0.619. The lowest BCUT2D eigenvalue weighted by atomic mass is 10.3. The van der Waals surface area contributed by atoms with Crippen LogP contribution in [0.25, 0.3) is 0 Å². The first kappa shape index (κ1) is 23.1. The lowest BCUT2D eigenvalue weighted by molar-refractivity contribution is -0.0494. The lowest BCUT2D eigenvalue weighted by Gasteiger charge is -2.34. The number of nitrogens with zero attached hydrogens (tertiary/aromatic N) is 2. The molecule has 0 N–H and O–H groups in total. The third-order valence-corrected chi connectivity index (χ3v) is 4.59. The number of para-hydroxylation sites is 2. The summed E-state index contributed by atoms with van der Waals surface area (Å²) in [6.45, 7) is 3.81. The first-order valence-corrected chi connectivity index (χ1v) is 10.1. The average molecular weight is 450 g/mol. The van der Waals surface area contributed by atoms with Gasteiger partial charge in [0.25, 0.3) is 0 Å². The number of benzene rings is 2. The topological polar surface area (TPSA) is 77.5 Å². The number of piperazine rings is 1. The molecule has 1 fully saturated rings. The van der Waals surface area contributed by atoms with Crippen LogP contribution in [0, 0.1) is 11.6 Å². The van der Waals surface area contributed by atoms with Gasteiger partial charge in [0.2, 0.25) is 12.6 Å². The molecule has 0 aliphatic carbocycles. The predicted molar refractivity (Wildman–Crippen MR) is 109 cm³/mol. The first-order chi connectivity index (χ1) is 15.3. The van der Waals surface area contributed by atoms with Crippen molar-refractivity contribution in [3.63, 3.8) is 0 Å². The monoisotopic (exact) mass is 450 g/mol. The Kier molecular flexibility index (Phi) is 7.69. The van der Waals surface area contributed by atoms with Gasteiger partial charge in [-0.2, -0.15) is 0 Å². The maximum atomic E-state index is 13.6. The number of carbonyl (C=O) groups is 2. The fourth-order valence-corrected chi connectivity index (χ4v) is 2.99. The van der Waals surface area contributed by atoms with Crippen molar-refractivity contribution in [2.24, 2.45) is 0 Å². The van der Waals surface area contributed by atoms with Gasteiger partial charge in [-0.25, -0.2) is 18.4 Å². The maximum absolute atomic E-state index is 13.6. The standard InChI is InChI=1S/C22H24F2N2O6/c1-15(29-19-9-5-3-7-17(19)23)31-21(27)25-11-13-26(14-12-25)22(28)32-16(2)30-20-10-6-4-8-18(20)24/h3-10,15-16H,11-14H2,1-2H3/t15-,16-/m1/s1. The molecule has 2 aromatic rings. The molecule has 0 unspecified atom stereocenters. The Morgan fingerprint density at radius 3 is 1.41 bits per heavy atom. The summed E-state index contributed by atoms with van der Waals surface area (Å²) in [5, 5.41) is 0. The highest BCUT2D eigenvalue weighted by Gasteiger charge is 2.28. The highest BCUT2D eigenvalue weighted by atomic mass is 19.1. The van der Waals surface area contributed by atoms with Crippen molar-refractivity contribution in [2.45, 2.75) is 26.4 Å². The highest BCUT2D eigenvalue weighted by molar-refractivity contribution is 5.70. The number of halogens is 2. The van der Waals surface area contributed by atoms with Gasteiger partial charge in [0.15, 0.2) is 23.1 Å². The van der Waals surface area contributed by atoms with E-state index in [9.17, 15) is 18.4 Å². The molecule has 1 aliphatic rings. The maximum Gasteiger partial charge on any atom is 0.412 e. The number of hydrogen-bond acceptors (Lipinski definition) is 6. The van der Waals surface area contributed by atoms with Crippen LogP contribution in [0.1, 0.15) is 13.8 Å². The van der Waals surface area contributed by atoms with Crippen molar-refractivity contribution >= 4 is 12.2 Å². The molecule has 8 nitrogen and oxygen atoms in total. The van der Waals surface area contributed by atoms with Crippen LogP contribution in [0.4, 0.5) is 18.4 Å². The Hall–Kier alpha value is -3.56. The van der Waals surface area contributed by atoms with Gasteiger partial charge in [-0.15, -0.1) is 0 Å². The van der Waals surface area contributed by atoms with E-state index in [2.05, 4.69) is 0 Å². The fourth-order valence-electron chi connectivity index (χ4n) is 2.99. The van der Waals surface area contributed by atoms with E-state index in [0.717, 1.165) is 0 Å². The van der Waals surface area contributed by atoms with E-state index in [1.165, 1.54) is 60.0 Å². The molecule has 2 atom stereocenters. The van der Waals surface area contributed by atoms with E-state index in [1.54, 1.807) is 12.1 Å². The molecule has 0 spiro atoms. The van der Waals surface area contributed by atoms with E-state index < -0.39 is 36.4 Å². The van der Waals surface area contributed by atoms with Gasteiger partial charge in [-0.05, 0) is 24.3 Å². The second kappa shape index (κ2) is 10.7. The molecule has 10 heteroatoms. The largest absolute Gasteiger partial charge is 0.452 e. The SMILES string of the molecule is C[C@@H](OC(=O)N1CCN(C(=O)O[C@H](C)Oc2ccccc2F)CC1)Oc1ccccc1F. The van der Waals surface area contributed by atoms with E-state index in [1.807, 2.05) is 0 Å². The molecular weight excluding hydrogens is 426 g/mol. The fraction of sp³-hybridized carbons (Fsp3) is 0.364. The van der Waals surface area contributed by atoms with Crippen LogP contribution < -0.4 is 9.47 Å². The Labute approximate surface area is 184 Å². The molecule has 0 bridgehead atoms. The molecule has 0 aromatic heterocycles. The molecule has 0 saturated carbocycles. The minimum absolute atomic E-state index is 0.0212. The summed E-state index contributed by atoms with van der Waals surface area (Å²) in [6.07, 6.45) is -3.28. The second-order valence-electron chi connectivity index (χ2n) is 6.97. The number of rotatable bonds is 6. The van der Waals surface area contributed by atoms with Gasteiger partial charge < -0.3 is 28.7 Å². The summed E-state index contributed by atoms with van der Waals surface area (Å²) in [5.74, 6) is -1.16. The molecule has 32 heavy (non-hydrogen) atoms. The van der Waals surface area contributed by atoms with Gasteiger partial charge in [-0.3, -0.25) is 0 Å². The van der Waals surface area contributed by atoms with Crippen molar-refractivity contribution in [1.29, 1.82) is 0 Å². The molecule has 2 aromatic carbocycles. The van der Waals surface area contributed by atoms with Gasteiger partial charge in [0.1, 0.15) is 0 Å². The molecule has 1 aliphatic heterocycles. The number of ether oxygens (including phenoxy) is 4. The Balaban J connectivity index is 1.41. The lowest BCUT2D eigenvalue weighted by Crippen LogP contribution is -2.51. The van der Waals surface area contributed by atoms with E-state index in [4.69, 9.17) is 18.9 Å². The van der Waals surface area contributed by atoms with Crippen LogP contribution in [0.15, 0.2) is 48.5 Å². The predicted octanol–water partition coefficient (Wildman–Crippen LogP) is 4.01. The van der Waals surface area contributed by atoms with Crippen molar-refractivity contribution < 1.29 is 37.3 Å². The normalized spacial score (nSPS) is 15.5. The first-order valence-electron chi connectivity index (χ1n) is 10.1. The van der Waals surface area contributed by atoms with Crippen LogP contribution in [0.3, 0.4) is 0 Å². The number of hydrogen-bond donors (Lipinski definition) is 0. The van der Waals surface area contributed by atoms with Crippen LogP contribution in [0.5, 0.6) is 11.5 Å². The zero-order chi connectivity index (χ0) is 23.1. The van der Waals surface area contributed by atoms with Gasteiger partial charge in [-0.1, -0.05) is 24.3 Å². The molecule has 2 amide bonds. The van der Waals surface area contributed by atoms with Crippen LogP contribution in [-0.2, 0) is 9.47 Å². The molecule has 3 rings (SSSR count). The van der Waals surface area contributed by atoms with Crippen LogP contribution in [-0.4, -0.2) is 60.7 Å². The van der Waals surface area contributed by atoms with Crippen molar-refractivity contribution in [1.82, 2.24) is 9.80 Å². The summed E-state index contributed by atoms with van der Waals surface area (Å²) >= 11 is 0. The van der Waals surface area contributed by atoms with Gasteiger partial charge >= 0.3 is 12.2 Å². The van der Waals surface area contributed by atoms with Crippen molar-refractivity contribution in [3.05, 3.63) is 60.2 Å². The average Bonchev–Trinajstić information content (AvgIpc) is 2.77. The Morgan fingerprint density at radius 1 is 0.719 bits per heavy atom. The summed E-state index contributed by atoms with van der Waals surface area (Å²) in [6, 6.07) is 11.6. The summed E-state index contributed by atoms with van der Waals surface area (Å²) in [4.78, 5) is 27.4. The summed E-state index contributed by atoms with van der Waals surface area (Å²) < 4.78 is 48.3. The second-order valence-corrected chi connectivity index (χ2v) is 6.97. The Morgan fingerprint density at radius 2 is 1.06 bits per heavy atom. The molecule has 172 valence electrons. The van der Waals surface area contributed by atoms with Crippen LogP contribution >= 0.6 is 0 Å². The molecule has 1 heterocycles. The van der Waals surface area contributed by atoms with E-state index in [-0.39, 0.29) is 37.7 Å². The smallest absolute Gasteiger partial charge is 0.412 e. The zero-order valence-electron chi connectivity index (χ0n) is 17.7.